The summed E-state index contributed by atoms with van der Waals surface area (Å²) in [5.41, 5.74) is 1.21. The highest BCUT2D eigenvalue weighted by molar-refractivity contribution is 7.20. The van der Waals surface area contributed by atoms with Crippen molar-refractivity contribution >= 4 is 39.1 Å². The first-order valence-corrected chi connectivity index (χ1v) is 10.3. The molecule has 0 aliphatic carbocycles. The van der Waals surface area contributed by atoms with Gasteiger partial charge in [0.25, 0.3) is 5.56 Å². The molecule has 0 saturated heterocycles. The van der Waals surface area contributed by atoms with E-state index in [0.29, 0.717) is 20.7 Å². The topological polar surface area (TPSA) is 61.2 Å². The van der Waals surface area contributed by atoms with Gasteiger partial charge in [-0.1, -0.05) is 48.0 Å². The number of aryl methyl sites for hydroxylation is 1. The van der Waals surface area contributed by atoms with Gasteiger partial charge >= 0.3 is 5.97 Å². The van der Waals surface area contributed by atoms with Gasteiger partial charge in [-0.3, -0.25) is 9.36 Å². The van der Waals surface area contributed by atoms with Crippen LogP contribution in [0.2, 0.25) is 5.02 Å². The van der Waals surface area contributed by atoms with E-state index in [0.717, 1.165) is 16.9 Å². The van der Waals surface area contributed by atoms with Crippen LogP contribution in [0.25, 0.3) is 10.2 Å². The number of carbonyl (C=O) groups excluding carboxylic acids is 1. The molecular weight excluding hydrogens is 427 g/mol. The predicted octanol–water partition coefficient (Wildman–Crippen LogP) is 4.96. The molecule has 0 unspecified atom stereocenters. The number of aromatic nitrogens is 2. The molecule has 2 aromatic heterocycles. The summed E-state index contributed by atoms with van der Waals surface area (Å²) < 4.78 is 20.8. The number of esters is 1. The van der Waals surface area contributed by atoms with Crippen LogP contribution in [0.1, 0.15) is 26.4 Å². The van der Waals surface area contributed by atoms with Gasteiger partial charge in [0.1, 0.15) is 22.1 Å². The molecule has 4 rings (SSSR count). The van der Waals surface area contributed by atoms with Gasteiger partial charge in [-0.05, 0) is 30.2 Å². The molecule has 2 aromatic carbocycles. The molecule has 0 N–H and O–H groups in total. The molecule has 30 heavy (non-hydrogen) atoms. The second-order valence-corrected chi connectivity index (χ2v) is 8.08. The minimum Gasteiger partial charge on any atom is -0.457 e. The molecule has 0 radical (unpaired) electrons. The Morgan fingerprint density at radius 3 is 2.70 bits per heavy atom. The smallest absolute Gasteiger partial charge is 0.349 e. The molecule has 0 amide bonds. The lowest BCUT2D eigenvalue weighted by molar-refractivity contribution is 0.0478. The van der Waals surface area contributed by atoms with Crippen molar-refractivity contribution in [2.24, 2.45) is 0 Å². The van der Waals surface area contributed by atoms with E-state index in [-0.39, 0.29) is 29.3 Å². The summed E-state index contributed by atoms with van der Waals surface area (Å²) >= 11 is 7.18. The van der Waals surface area contributed by atoms with E-state index in [1.807, 2.05) is 30.3 Å². The van der Waals surface area contributed by atoms with Crippen LogP contribution in [0, 0.1) is 12.7 Å². The lowest BCUT2D eigenvalue weighted by atomic mass is 10.2. The van der Waals surface area contributed by atoms with Crippen LogP contribution in [-0.4, -0.2) is 15.5 Å². The first kappa shape index (κ1) is 20.3. The van der Waals surface area contributed by atoms with Crippen molar-refractivity contribution in [3.8, 4) is 0 Å². The number of hydrogen-bond donors (Lipinski definition) is 0. The molecule has 0 aliphatic rings. The molecule has 2 heterocycles. The maximum absolute atomic E-state index is 14.1. The van der Waals surface area contributed by atoms with E-state index in [2.05, 4.69) is 4.98 Å². The zero-order chi connectivity index (χ0) is 21.3. The third-order valence-electron chi connectivity index (χ3n) is 4.71. The number of halogens is 2. The van der Waals surface area contributed by atoms with Crippen molar-refractivity contribution < 1.29 is 13.9 Å². The highest BCUT2D eigenvalue weighted by atomic mass is 35.5. The zero-order valence-electron chi connectivity index (χ0n) is 15.9. The third kappa shape index (κ3) is 3.86. The molecule has 152 valence electrons. The minimum atomic E-state index is -0.512. The van der Waals surface area contributed by atoms with Gasteiger partial charge in [0.15, 0.2) is 0 Å². The fourth-order valence-corrected chi connectivity index (χ4v) is 4.36. The van der Waals surface area contributed by atoms with Crippen molar-refractivity contribution in [1.82, 2.24) is 9.55 Å². The summed E-state index contributed by atoms with van der Waals surface area (Å²) in [6.45, 7) is 1.76. The molecule has 5 nitrogen and oxygen atoms in total. The van der Waals surface area contributed by atoms with Gasteiger partial charge < -0.3 is 4.74 Å². The van der Waals surface area contributed by atoms with Crippen molar-refractivity contribution in [2.75, 3.05) is 0 Å². The van der Waals surface area contributed by atoms with Gasteiger partial charge in [0, 0.05) is 10.6 Å². The van der Waals surface area contributed by atoms with Crippen LogP contribution >= 0.6 is 22.9 Å². The maximum Gasteiger partial charge on any atom is 0.349 e. The number of rotatable bonds is 5. The molecule has 0 aliphatic heterocycles. The molecule has 4 aromatic rings. The van der Waals surface area contributed by atoms with Crippen molar-refractivity contribution in [1.29, 1.82) is 0 Å². The lowest BCUT2D eigenvalue weighted by Gasteiger charge is -2.08. The van der Waals surface area contributed by atoms with Crippen molar-refractivity contribution in [3.63, 3.8) is 0 Å². The fraction of sp³-hybridized carbons (Fsp3) is 0.136. The van der Waals surface area contributed by atoms with Gasteiger partial charge in [-0.2, -0.15) is 0 Å². The van der Waals surface area contributed by atoms with E-state index in [9.17, 15) is 14.0 Å². The van der Waals surface area contributed by atoms with Gasteiger partial charge in [-0.25, -0.2) is 14.2 Å². The Bertz CT molecular complexity index is 1280. The van der Waals surface area contributed by atoms with Crippen LogP contribution in [0.15, 0.2) is 59.7 Å². The standard InChI is InChI=1S/C22H16ClFN2O3S/c1-13-18-20(30-19(13)22(28)29-11-14-6-3-2-4-7-14)25-12-26(21(18)27)10-15-16(23)8-5-9-17(15)24/h2-9,12H,10-11H2,1H3. The molecular formula is C22H16ClFN2O3S. The Morgan fingerprint density at radius 2 is 1.97 bits per heavy atom. The highest BCUT2D eigenvalue weighted by Gasteiger charge is 2.21. The van der Waals surface area contributed by atoms with Crippen LogP contribution in [0.3, 0.4) is 0 Å². The van der Waals surface area contributed by atoms with E-state index in [1.54, 1.807) is 13.0 Å². The average Bonchev–Trinajstić information content (AvgIpc) is 3.08. The normalized spacial score (nSPS) is 11.0. The highest BCUT2D eigenvalue weighted by Crippen LogP contribution is 2.28. The molecule has 0 atom stereocenters. The monoisotopic (exact) mass is 442 g/mol. The maximum atomic E-state index is 14.1. The number of benzene rings is 2. The van der Waals surface area contributed by atoms with E-state index >= 15 is 0 Å². The predicted molar refractivity (Wildman–Crippen MR) is 115 cm³/mol. The van der Waals surface area contributed by atoms with Gasteiger partial charge in [0.05, 0.1) is 18.3 Å². The number of nitrogens with zero attached hydrogens (tertiary/aromatic N) is 2. The largest absolute Gasteiger partial charge is 0.457 e. The summed E-state index contributed by atoms with van der Waals surface area (Å²) in [6.07, 6.45) is 1.34. The Labute approximate surface area is 180 Å². The Balaban J connectivity index is 1.65. The number of fused-ring (bicyclic) bond motifs is 1. The molecule has 8 heteroatoms. The summed E-state index contributed by atoms with van der Waals surface area (Å²) in [6, 6.07) is 13.7. The molecule has 0 bridgehead atoms. The second kappa shape index (κ2) is 8.38. The summed E-state index contributed by atoms with van der Waals surface area (Å²) in [4.78, 5) is 30.6. The number of thiophene rings is 1. The quantitative estimate of drug-likeness (QED) is 0.410. The van der Waals surface area contributed by atoms with E-state index in [1.165, 1.54) is 23.0 Å². The molecule has 0 spiro atoms. The van der Waals surface area contributed by atoms with Crippen LogP contribution in [0.4, 0.5) is 4.39 Å². The fourth-order valence-electron chi connectivity index (χ4n) is 3.11. The van der Waals surface area contributed by atoms with Crippen molar-refractivity contribution in [3.05, 3.63) is 97.6 Å². The molecule has 0 saturated carbocycles. The first-order valence-electron chi connectivity index (χ1n) is 9.08. The minimum absolute atomic E-state index is 0.0592. The first-order chi connectivity index (χ1) is 14.5. The Kier molecular flexibility index (Phi) is 5.65. The Hall–Kier alpha value is -3.03. The summed E-state index contributed by atoms with van der Waals surface area (Å²) in [5, 5.41) is 0.552. The number of hydrogen-bond acceptors (Lipinski definition) is 5. The third-order valence-corrected chi connectivity index (χ3v) is 6.24. The molecule has 0 fully saturated rings. The van der Waals surface area contributed by atoms with Crippen molar-refractivity contribution in [2.45, 2.75) is 20.1 Å². The van der Waals surface area contributed by atoms with Crippen LogP contribution in [-0.2, 0) is 17.9 Å². The van der Waals surface area contributed by atoms with Crippen LogP contribution < -0.4 is 5.56 Å². The van der Waals surface area contributed by atoms with Gasteiger partial charge in [-0.15, -0.1) is 11.3 Å². The lowest BCUT2D eigenvalue weighted by Crippen LogP contribution is -2.21. The zero-order valence-corrected chi connectivity index (χ0v) is 17.5. The second-order valence-electron chi connectivity index (χ2n) is 6.68. The SMILES string of the molecule is Cc1c(C(=O)OCc2ccccc2)sc2ncn(Cc3c(F)cccc3Cl)c(=O)c12. The average molecular weight is 443 g/mol. The summed E-state index contributed by atoms with van der Waals surface area (Å²) in [7, 11) is 0. The van der Waals surface area contributed by atoms with Gasteiger partial charge in [0.2, 0.25) is 0 Å². The van der Waals surface area contributed by atoms with E-state index < -0.39 is 11.8 Å². The number of ether oxygens (including phenoxy) is 1. The van der Waals surface area contributed by atoms with E-state index in [4.69, 9.17) is 16.3 Å². The Morgan fingerprint density at radius 1 is 1.20 bits per heavy atom. The van der Waals surface area contributed by atoms with Crippen LogP contribution in [0.5, 0.6) is 0 Å². The number of carbonyl (C=O) groups is 1. The summed E-state index contributed by atoms with van der Waals surface area (Å²) in [5.74, 6) is -1.01.